The topological polar surface area (TPSA) is 85.5 Å². The van der Waals surface area contributed by atoms with Crippen LogP contribution in [0.1, 0.15) is 63.3 Å². The smallest absolute Gasteiger partial charge is 0.307 e. The maximum Gasteiger partial charge on any atom is 0.307 e. The van der Waals surface area contributed by atoms with E-state index >= 15 is 0 Å². The number of hydrogen-bond acceptors (Lipinski definition) is 5. The number of carboxylic acid groups (broad SMARTS) is 1. The fourth-order valence-corrected chi connectivity index (χ4v) is 2.91. The molecule has 3 atom stereocenters. The minimum Gasteiger partial charge on any atom is -0.481 e. The standard InChI is InChI=1S/C14H22N2O4/c1-8(2)11(19-3)12-15-13(20-16-12)9-6-4-5-7-10(9)14(17)18/h8-11H,4-7H2,1-3H3,(H,17,18). The first-order chi connectivity index (χ1) is 9.54. The van der Waals surface area contributed by atoms with Crippen molar-refractivity contribution in [3.05, 3.63) is 11.7 Å². The summed E-state index contributed by atoms with van der Waals surface area (Å²) in [5.41, 5.74) is 0. The van der Waals surface area contributed by atoms with Crippen LogP contribution in [0.5, 0.6) is 0 Å². The largest absolute Gasteiger partial charge is 0.481 e. The maximum absolute atomic E-state index is 11.3. The van der Waals surface area contributed by atoms with Crippen LogP contribution in [0.2, 0.25) is 0 Å². The Balaban J connectivity index is 2.20. The molecule has 1 aromatic rings. The van der Waals surface area contributed by atoms with Crippen molar-refractivity contribution in [1.29, 1.82) is 0 Å². The van der Waals surface area contributed by atoms with Crippen LogP contribution in [-0.4, -0.2) is 28.3 Å². The Morgan fingerprint density at radius 2 is 2.10 bits per heavy atom. The number of nitrogens with zero attached hydrogens (tertiary/aromatic N) is 2. The monoisotopic (exact) mass is 282 g/mol. The van der Waals surface area contributed by atoms with Crippen molar-refractivity contribution in [2.75, 3.05) is 7.11 Å². The normalized spacial score (nSPS) is 24.8. The van der Waals surface area contributed by atoms with Crippen LogP contribution in [0.25, 0.3) is 0 Å². The molecule has 1 saturated carbocycles. The van der Waals surface area contributed by atoms with Gasteiger partial charge in [-0.3, -0.25) is 4.79 Å². The molecular formula is C14H22N2O4. The second kappa shape index (κ2) is 6.35. The van der Waals surface area contributed by atoms with Gasteiger partial charge in [-0.15, -0.1) is 0 Å². The Labute approximate surface area is 118 Å². The zero-order chi connectivity index (χ0) is 14.7. The van der Waals surface area contributed by atoms with Gasteiger partial charge in [-0.2, -0.15) is 4.98 Å². The summed E-state index contributed by atoms with van der Waals surface area (Å²) in [6.07, 6.45) is 3.19. The van der Waals surface area contributed by atoms with E-state index in [0.717, 1.165) is 19.3 Å². The third-order valence-electron chi connectivity index (χ3n) is 3.97. The molecule has 6 nitrogen and oxygen atoms in total. The van der Waals surface area contributed by atoms with Crippen LogP contribution in [0, 0.1) is 11.8 Å². The molecule has 112 valence electrons. The number of aromatic nitrogens is 2. The number of aliphatic carboxylic acids is 1. The van der Waals surface area contributed by atoms with Gasteiger partial charge in [-0.25, -0.2) is 0 Å². The number of ether oxygens (including phenoxy) is 1. The molecule has 1 N–H and O–H groups in total. The molecular weight excluding hydrogens is 260 g/mol. The second-order valence-electron chi connectivity index (χ2n) is 5.73. The van der Waals surface area contributed by atoms with E-state index in [4.69, 9.17) is 9.26 Å². The molecule has 0 amide bonds. The van der Waals surface area contributed by atoms with Crippen molar-refractivity contribution < 1.29 is 19.2 Å². The summed E-state index contributed by atoms with van der Waals surface area (Å²) >= 11 is 0. The van der Waals surface area contributed by atoms with E-state index in [2.05, 4.69) is 10.1 Å². The number of carbonyl (C=O) groups is 1. The van der Waals surface area contributed by atoms with Crippen molar-refractivity contribution >= 4 is 5.97 Å². The Morgan fingerprint density at radius 3 is 2.70 bits per heavy atom. The molecule has 1 aliphatic rings. The van der Waals surface area contributed by atoms with E-state index in [0.29, 0.717) is 18.1 Å². The Kier molecular flexibility index (Phi) is 4.75. The molecule has 1 aromatic heterocycles. The lowest BCUT2D eigenvalue weighted by Gasteiger charge is -2.25. The van der Waals surface area contributed by atoms with Gasteiger partial charge in [0.1, 0.15) is 6.10 Å². The lowest BCUT2D eigenvalue weighted by Crippen LogP contribution is -2.25. The molecule has 0 spiro atoms. The zero-order valence-electron chi connectivity index (χ0n) is 12.2. The van der Waals surface area contributed by atoms with Crippen molar-refractivity contribution in [3.63, 3.8) is 0 Å². The van der Waals surface area contributed by atoms with Gasteiger partial charge >= 0.3 is 5.97 Å². The van der Waals surface area contributed by atoms with Crippen LogP contribution in [-0.2, 0) is 9.53 Å². The summed E-state index contributed by atoms with van der Waals surface area (Å²) in [5.74, 6) is -0.194. The van der Waals surface area contributed by atoms with E-state index in [1.165, 1.54) is 0 Å². The molecule has 1 heterocycles. The Bertz CT molecular complexity index is 458. The lowest BCUT2D eigenvalue weighted by atomic mass is 9.79. The van der Waals surface area contributed by atoms with Crippen molar-refractivity contribution in [1.82, 2.24) is 10.1 Å². The first kappa shape index (κ1) is 15.0. The molecule has 2 rings (SSSR count). The number of hydrogen-bond donors (Lipinski definition) is 1. The highest BCUT2D eigenvalue weighted by Crippen LogP contribution is 2.37. The third kappa shape index (κ3) is 3.00. The summed E-state index contributed by atoms with van der Waals surface area (Å²) in [6.45, 7) is 4.04. The van der Waals surface area contributed by atoms with Gasteiger partial charge in [-0.05, 0) is 18.8 Å². The van der Waals surface area contributed by atoms with E-state index in [9.17, 15) is 9.90 Å². The van der Waals surface area contributed by atoms with Crippen LogP contribution in [0.15, 0.2) is 4.52 Å². The minimum atomic E-state index is -0.776. The molecule has 0 aliphatic heterocycles. The highest BCUT2D eigenvalue weighted by atomic mass is 16.5. The predicted molar refractivity (Wildman–Crippen MR) is 71.2 cm³/mol. The van der Waals surface area contributed by atoms with Crippen molar-refractivity contribution in [2.45, 2.75) is 51.6 Å². The number of rotatable bonds is 5. The molecule has 20 heavy (non-hydrogen) atoms. The Morgan fingerprint density at radius 1 is 1.40 bits per heavy atom. The molecule has 6 heteroatoms. The number of methoxy groups -OCH3 is 1. The van der Waals surface area contributed by atoms with Gasteiger partial charge in [-0.1, -0.05) is 31.8 Å². The second-order valence-corrected chi connectivity index (χ2v) is 5.73. The summed E-state index contributed by atoms with van der Waals surface area (Å²) in [5, 5.41) is 13.3. The van der Waals surface area contributed by atoms with Crippen LogP contribution >= 0.6 is 0 Å². The lowest BCUT2D eigenvalue weighted by molar-refractivity contribution is -0.143. The first-order valence-corrected chi connectivity index (χ1v) is 7.13. The highest BCUT2D eigenvalue weighted by Gasteiger charge is 2.36. The van der Waals surface area contributed by atoms with Gasteiger partial charge in [0, 0.05) is 7.11 Å². The highest BCUT2D eigenvalue weighted by molar-refractivity contribution is 5.71. The third-order valence-corrected chi connectivity index (χ3v) is 3.97. The van der Waals surface area contributed by atoms with Crippen LogP contribution < -0.4 is 0 Å². The van der Waals surface area contributed by atoms with Gasteiger partial charge in [0.05, 0.1) is 11.8 Å². The summed E-state index contributed by atoms with van der Waals surface area (Å²) in [4.78, 5) is 15.7. The molecule has 0 aromatic carbocycles. The van der Waals surface area contributed by atoms with Gasteiger partial charge < -0.3 is 14.4 Å². The van der Waals surface area contributed by atoms with Crippen LogP contribution in [0.3, 0.4) is 0 Å². The SMILES string of the molecule is COC(c1noc(C2CCCCC2C(=O)O)n1)C(C)C. The average molecular weight is 282 g/mol. The summed E-state index contributed by atoms with van der Waals surface area (Å²) in [6, 6.07) is 0. The van der Waals surface area contributed by atoms with Crippen molar-refractivity contribution in [3.8, 4) is 0 Å². The molecule has 3 unspecified atom stereocenters. The van der Waals surface area contributed by atoms with E-state index < -0.39 is 11.9 Å². The maximum atomic E-state index is 11.3. The summed E-state index contributed by atoms with van der Waals surface area (Å²) in [7, 11) is 1.61. The zero-order valence-corrected chi connectivity index (χ0v) is 12.2. The van der Waals surface area contributed by atoms with E-state index in [1.54, 1.807) is 7.11 Å². The van der Waals surface area contributed by atoms with E-state index in [-0.39, 0.29) is 17.9 Å². The fourth-order valence-electron chi connectivity index (χ4n) is 2.91. The van der Waals surface area contributed by atoms with Gasteiger partial charge in [0.25, 0.3) is 0 Å². The first-order valence-electron chi connectivity index (χ1n) is 7.13. The minimum absolute atomic E-state index is 0.174. The average Bonchev–Trinajstić information content (AvgIpc) is 2.88. The molecule has 0 bridgehead atoms. The fraction of sp³-hybridized carbons (Fsp3) is 0.786. The molecule has 1 aliphatic carbocycles. The number of carboxylic acids is 1. The predicted octanol–water partition coefficient (Wildman–Crippen LogP) is 2.77. The molecule has 0 saturated heterocycles. The van der Waals surface area contributed by atoms with E-state index in [1.807, 2.05) is 13.8 Å². The quantitative estimate of drug-likeness (QED) is 0.893. The van der Waals surface area contributed by atoms with Gasteiger partial charge in [0.2, 0.25) is 11.7 Å². The van der Waals surface area contributed by atoms with Gasteiger partial charge in [0.15, 0.2) is 0 Å². The molecule has 0 radical (unpaired) electrons. The molecule has 1 fully saturated rings. The Hall–Kier alpha value is -1.43. The van der Waals surface area contributed by atoms with Crippen LogP contribution in [0.4, 0.5) is 0 Å². The van der Waals surface area contributed by atoms with Crippen molar-refractivity contribution in [2.24, 2.45) is 11.8 Å². The summed E-state index contributed by atoms with van der Waals surface area (Å²) < 4.78 is 10.7.